The van der Waals surface area contributed by atoms with Crippen LogP contribution in [-0.4, -0.2) is 53.9 Å². The molecule has 25 heavy (non-hydrogen) atoms. The monoisotopic (exact) mass is 367 g/mol. The molecule has 0 radical (unpaired) electrons. The summed E-state index contributed by atoms with van der Waals surface area (Å²) in [5, 5.41) is 15.9. The summed E-state index contributed by atoms with van der Waals surface area (Å²) in [5.74, 6) is -0.618. The van der Waals surface area contributed by atoms with Gasteiger partial charge in [-0.3, -0.25) is 9.69 Å². The minimum atomic E-state index is -0.447. The van der Waals surface area contributed by atoms with Gasteiger partial charge in [-0.25, -0.2) is 4.79 Å². The highest BCUT2D eigenvalue weighted by molar-refractivity contribution is 7.19. The van der Waals surface area contributed by atoms with Crippen LogP contribution in [0.4, 0.5) is 5.00 Å². The number of fused-ring (bicyclic) bond motifs is 1. The van der Waals surface area contributed by atoms with E-state index in [9.17, 15) is 14.8 Å². The van der Waals surface area contributed by atoms with Gasteiger partial charge in [0, 0.05) is 0 Å². The van der Waals surface area contributed by atoms with Gasteiger partial charge in [-0.2, -0.15) is 0 Å². The Morgan fingerprint density at radius 3 is 2.60 bits per heavy atom. The first-order valence-corrected chi connectivity index (χ1v) is 9.43. The third-order valence-electron chi connectivity index (χ3n) is 4.22. The smallest absolute Gasteiger partial charge is 0.341 e. The van der Waals surface area contributed by atoms with E-state index in [1.807, 2.05) is 18.7 Å². The van der Waals surface area contributed by atoms with Crippen molar-refractivity contribution in [2.24, 2.45) is 5.16 Å². The van der Waals surface area contributed by atoms with Gasteiger partial charge in [-0.05, 0) is 44.8 Å². The van der Waals surface area contributed by atoms with Gasteiger partial charge in [0.2, 0.25) is 5.91 Å². The first kappa shape index (κ1) is 19.4. The molecule has 0 spiro atoms. The highest BCUT2D eigenvalue weighted by atomic mass is 32.1. The number of anilines is 1. The SMILES string of the molecule is CCOC(=O)c1c(NC(=O)CN(CC)CC)sc2c1CCC/C2=N\O. The summed E-state index contributed by atoms with van der Waals surface area (Å²) < 4.78 is 5.17. The van der Waals surface area contributed by atoms with Crippen molar-refractivity contribution in [3.63, 3.8) is 0 Å². The summed E-state index contributed by atoms with van der Waals surface area (Å²) in [5.41, 5.74) is 1.76. The average molecular weight is 367 g/mol. The number of hydrogen-bond donors (Lipinski definition) is 2. The summed E-state index contributed by atoms with van der Waals surface area (Å²) in [6.45, 7) is 7.81. The topological polar surface area (TPSA) is 91.2 Å². The zero-order valence-electron chi connectivity index (χ0n) is 14.9. The first-order valence-electron chi connectivity index (χ1n) is 8.61. The Morgan fingerprint density at radius 1 is 1.28 bits per heavy atom. The summed E-state index contributed by atoms with van der Waals surface area (Å²) in [6, 6.07) is 0. The Kier molecular flexibility index (Phi) is 6.95. The maximum absolute atomic E-state index is 12.4. The number of oxime groups is 1. The molecule has 0 bridgehead atoms. The van der Waals surface area contributed by atoms with E-state index in [1.165, 1.54) is 11.3 Å². The Balaban J connectivity index is 2.34. The highest BCUT2D eigenvalue weighted by Crippen LogP contribution is 2.38. The molecule has 1 heterocycles. The van der Waals surface area contributed by atoms with Crippen molar-refractivity contribution < 1.29 is 19.5 Å². The number of rotatable bonds is 7. The number of esters is 1. The van der Waals surface area contributed by atoms with Gasteiger partial charge in [-0.1, -0.05) is 19.0 Å². The number of likely N-dealkylation sites (N-methyl/N-ethyl adjacent to an activating group) is 1. The first-order chi connectivity index (χ1) is 12.0. The summed E-state index contributed by atoms with van der Waals surface area (Å²) in [6.07, 6.45) is 2.15. The molecule has 1 aromatic heterocycles. The maximum atomic E-state index is 12.4. The normalized spacial score (nSPS) is 15.3. The number of carbonyl (C=O) groups excluding carboxylic acids is 2. The zero-order valence-corrected chi connectivity index (χ0v) is 15.7. The van der Waals surface area contributed by atoms with Gasteiger partial charge in [0.05, 0.1) is 29.3 Å². The molecule has 0 aliphatic heterocycles. The third kappa shape index (κ3) is 4.38. The van der Waals surface area contributed by atoms with Crippen LogP contribution in [-0.2, 0) is 16.0 Å². The van der Waals surface area contributed by atoms with Crippen LogP contribution in [0.3, 0.4) is 0 Å². The molecule has 0 unspecified atom stereocenters. The van der Waals surface area contributed by atoms with Crippen LogP contribution in [0.25, 0.3) is 0 Å². The number of nitrogens with zero attached hydrogens (tertiary/aromatic N) is 2. The largest absolute Gasteiger partial charge is 0.462 e. The third-order valence-corrected chi connectivity index (χ3v) is 5.42. The van der Waals surface area contributed by atoms with Crippen LogP contribution in [0.5, 0.6) is 0 Å². The molecule has 2 N–H and O–H groups in total. The minimum absolute atomic E-state index is 0.171. The van der Waals surface area contributed by atoms with Crippen LogP contribution in [0.1, 0.15) is 54.4 Å². The number of carbonyl (C=O) groups is 2. The second-order valence-corrected chi connectivity index (χ2v) is 6.76. The Labute approximate surface area is 151 Å². The molecule has 1 aliphatic carbocycles. The molecule has 0 aromatic carbocycles. The van der Waals surface area contributed by atoms with Crippen molar-refractivity contribution in [3.8, 4) is 0 Å². The number of nitrogens with one attached hydrogen (secondary N) is 1. The number of amides is 1. The Bertz CT molecular complexity index is 665. The molecule has 1 aromatic rings. The Hall–Kier alpha value is -1.93. The molecule has 138 valence electrons. The molecule has 0 saturated heterocycles. The van der Waals surface area contributed by atoms with Crippen molar-refractivity contribution in [1.29, 1.82) is 0 Å². The van der Waals surface area contributed by atoms with Gasteiger partial charge < -0.3 is 15.3 Å². The van der Waals surface area contributed by atoms with Crippen molar-refractivity contribution in [1.82, 2.24) is 4.90 Å². The van der Waals surface area contributed by atoms with Crippen LogP contribution >= 0.6 is 11.3 Å². The number of ether oxygens (including phenoxy) is 1. The fraction of sp³-hybridized carbons (Fsp3) is 0.588. The molecule has 0 atom stereocenters. The van der Waals surface area contributed by atoms with Crippen LogP contribution < -0.4 is 5.32 Å². The predicted molar refractivity (Wildman–Crippen MR) is 98.0 cm³/mol. The van der Waals surface area contributed by atoms with E-state index >= 15 is 0 Å². The van der Waals surface area contributed by atoms with Gasteiger partial charge in [0.25, 0.3) is 0 Å². The van der Waals surface area contributed by atoms with Gasteiger partial charge in [0.15, 0.2) is 0 Å². The lowest BCUT2D eigenvalue weighted by Crippen LogP contribution is -2.33. The van der Waals surface area contributed by atoms with Gasteiger partial charge in [-0.15, -0.1) is 11.3 Å². The van der Waals surface area contributed by atoms with E-state index in [4.69, 9.17) is 4.74 Å². The van der Waals surface area contributed by atoms with Gasteiger partial charge in [0.1, 0.15) is 5.00 Å². The van der Waals surface area contributed by atoms with Gasteiger partial charge >= 0.3 is 5.97 Å². The fourth-order valence-electron chi connectivity index (χ4n) is 2.90. The summed E-state index contributed by atoms with van der Waals surface area (Å²) in [7, 11) is 0. The van der Waals surface area contributed by atoms with Crippen LogP contribution in [0.2, 0.25) is 0 Å². The standard InChI is InChI=1S/C17H25N3O4S/c1-4-20(5-2)10-13(21)18-16-14(17(22)24-6-3)11-8-7-9-12(19-23)15(11)25-16/h23H,4-10H2,1-3H3,(H,18,21)/b19-12+. The summed E-state index contributed by atoms with van der Waals surface area (Å²) >= 11 is 1.28. The molecular formula is C17H25N3O4S. The van der Waals surface area contributed by atoms with E-state index in [1.54, 1.807) is 6.92 Å². The second kappa shape index (κ2) is 8.96. The molecule has 1 amide bonds. The van der Waals surface area contributed by atoms with E-state index < -0.39 is 5.97 Å². The number of hydrogen-bond acceptors (Lipinski definition) is 7. The molecular weight excluding hydrogens is 342 g/mol. The lowest BCUT2D eigenvalue weighted by molar-refractivity contribution is -0.117. The minimum Gasteiger partial charge on any atom is -0.462 e. The fourth-order valence-corrected chi connectivity index (χ4v) is 4.17. The van der Waals surface area contributed by atoms with Crippen LogP contribution in [0.15, 0.2) is 5.16 Å². The quantitative estimate of drug-likeness (QED) is 0.439. The zero-order chi connectivity index (χ0) is 18.4. The molecule has 7 nitrogen and oxygen atoms in total. The van der Waals surface area contributed by atoms with E-state index in [0.29, 0.717) is 29.1 Å². The number of thiophene rings is 1. The van der Waals surface area contributed by atoms with E-state index in [2.05, 4.69) is 10.5 Å². The lowest BCUT2D eigenvalue weighted by atomic mass is 9.94. The van der Waals surface area contributed by atoms with Crippen molar-refractivity contribution in [2.75, 3.05) is 31.6 Å². The molecule has 1 aliphatic rings. The maximum Gasteiger partial charge on any atom is 0.341 e. The summed E-state index contributed by atoms with van der Waals surface area (Å²) in [4.78, 5) is 27.5. The van der Waals surface area contributed by atoms with Crippen LogP contribution in [0, 0.1) is 0 Å². The molecule has 8 heteroatoms. The molecule has 0 saturated carbocycles. The average Bonchev–Trinajstić information content (AvgIpc) is 2.97. The van der Waals surface area contributed by atoms with Crippen molar-refractivity contribution >= 4 is 33.9 Å². The van der Waals surface area contributed by atoms with Crippen molar-refractivity contribution in [2.45, 2.75) is 40.0 Å². The second-order valence-electron chi connectivity index (χ2n) is 5.74. The van der Waals surface area contributed by atoms with Crippen molar-refractivity contribution in [3.05, 3.63) is 16.0 Å². The van der Waals surface area contributed by atoms with E-state index in [-0.39, 0.29) is 19.1 Å². The lowest BCUT2D eigenvalue weighted by Gasteiger charge is -2.17. The Morgan fingerprint density at radius 2 is 2.00 bits per heavy atom. The molecule has 2 rings (SSSR count). The van der Waals surface area contributed by atoms with E-state index in [0.717, 1.165) is 30.0 Å². The highest BCUT2D eigenvalue weighted by Gasteiger charge is 2.30. The molecule has 0 fully saturated rings. The predicted octanol–water partition coefficient (Wildman–Crippen LogP) is 2.72.